The van der Waals surface area contributed by atoms with Crippen LogP contribution in [0.15, 0.2) is 0 Å². The Labute approximate surface area is 128 Å². The highest BCUT2D eigenvalue weighted by Gasteiger charge is 2.29. The predicted octanol–water partition coefficient (Wildman–Crippen LogP) is 2.26. The molecule has 2 rings (SSSR count). The maximum atomic E-state index is 12.0. The summed E-state index contributed by atoms with van der Waals surface area (Å²) in [5.74, 6) is 1.20. The molecule has 2 atom stereocenters. The Hall–Kier alpha value is -0.810. The standard InChI is InChI=1S/C16H30N2O3/c1-16(2,3)21-15(19)18-7-6-13(11-18)9-17-10-14-5-4-8-20-12-14/h13-14,17H,4-12H2,1-3H3. The lowest BCUT2D eigenvalue weighted by Crippen LogP contribution is -2.37. The van der Waals surface area contributed by atoms with Gasteiger partial charge in [0.1, 0.15) is 5.60 Å². The zero-order chi connectivity index (χ0) is 15.3. The Kier molecular flexibility index (Phi) is 5.88. The largest absolute Gasteiger partial charge is 0.444 e. The minimum absolute atomic E-state index is 0.175. The summed E-state index contributed by atoms with van der Waals surface area (Å²) in [6, 6.07) is 0. The molecule has 122 valence electrons. The van der Waals surface area contributed by atoms with Gasteiger partial charge in [0.05, 0.1) is 6.61 Å². The van der Waals surface area contributed by atoms with Gasteiger partial charge in [0.2, 0.25) is 0 Å². The average molecular weight is 298 g/mol. The van der Waals surface area contributed by atoms with Crippen LogP contribution >= 0.6 is 0 Å². The van der Waals surface area contributed by atoms with E-state index in [9.17, 15) is 4.79 Å². The Morgan fingerprint density at radius 2 is 2.05 bits per heavy atom. The SMILES string of the molecule is CC(C)(C)OC(=O)N1CCC(CNCC2CCCOC2)C1. The van der Waals surface area contributed by atoms with Crippen LogP contribution in [0.3, 0.4) is 0 Å². The van der Waals surface area contributed by atoms with Gasteiger partial charge in [-0.1, -0.05) is 0 Å². The fraction of sp³-hybridized carbons (Fsp3) is 0.938. The topological polar surface area (TPSA) is 50.8 Å². The van der Waals surface area contributed by atoms with E-state index in [1.807, 2.05) is 25.7 Å². The lowest BCUT2D eigenvalue weighted by Gasteiger charge is -2.25. The molecule has 5 heteroatoms. The molecule has 0 aromatic heterocycles. The molecule has 0 spiro atoms. The van der Waals surface area contributed by atoms with E-state index in [0.717, 1.165) is 45.8 Å². The second-order valence-electron chi connectivity index (χ2n) is 7.32. The third-order valence-corrected chi connectivity index (χ3v) is 4.06. The Morgan fingerprint density at radius 1 is 1.29 bits per heavy atom. The molecule has 2 aliphatic rings. The van der Waals surface area contributed by atoms with Gasteiger partial charge in [-0.15, -0.1) is 0 Å². The van der Waals surface area contributed by atoms with Crippen LogP contribution in [-0.2, 0) is 9.47 Å². The van der Waals surface area contributed by atoms with Crippen LogP contribution in [0, 0.1) is 11.8 Å². The summed E-state index contributed by atoms with van der Waals surface area (Å²) in [6.07, 6.45) is 3.34. The number of likely N-dealkylation sites (tertiary alicyclic amines) is 1. The molecule has 2 aliphatic heterocycles. The summed E-state index contributed by atoms with van der Waals surface area (Å²) in [4.78, 5) is 13.8. The number of nitrogens with zero attached hydrogens (tertiary/aromatic N) is 1. The van der Waals surface area contributed by atoms with Crippen LogP contribution in [0.5, 0.6) is 0 Å². The highest BCUT2D eigenvalue weighted by Crippen LogP contribution is 2.19. The summed E-state index contributed by atoms with van der Waals surface area (Å²) in [6.45, 7) is 11.2. The number of amides is 1. The van der Waals surface area contributed by atoms with Gasteiger partial charge in [0, 0.05) is 26.2 Å². The van der Waals surface area contributed by atoms with Gasteiger partial charge in [-0.25, -0.2) is 4.79 Å². The zero-order valence-electron chi connectivity index (χ0n) is 13.7. The van der Waals surface area contributed by atoms with Crippen LogP contribution in [0.2, 0.25) is 0 Å². The number of hydrogen-bond donors (Lipinski definition) is 1. The third-order valence-electron chi connectivity index (χ3n) is 4.06. The first-order valence-corrected chi connectivity index (χ1v) is 8.20. The van der Waals surface area contributed by atoms with Crippen molar-refractivity contribution in [3.05, 3.63) is 0 Å². The second kappa shape index (κ2) is 7.45. The minimum Gasteiger partial charge on any atom is -0.444 e. The molecule has 1 N–H and O–H groups in total. The van der Waals surface area contributed by atoms with Crippen molar-refractivity contribution in [1.29, 1.82) is 0 Å². The van der Waals surface area contributed by atoms with E-state index in [1.54, 1.807) is 0 Å². The molecular formula is C16H30N2O3. The first-order chi connectivity index (χ1) is 9.94. The van der Waals surface area contributed by atoms with Gasteiger partial charge in [-0.2, -0.15) is 0 Å². The molecule has 0 radical (unpaired) electrons. The monoisotopic (exact) mass is 298 g/mol. The molecular weight excluding hydrogens is 268 g/mol. The second-order valence-corrected chi connectivity index (χ2v) is 7.32. The van der Waals surface area contributed by atoms with Gasteiger partial charge in [-0.3, -0.25) is 0 Å². The summed E-state index contributed by atoms with van der Waals surface area (Å²) in [7, 11) is 0. The number of nitrogens with one attached hydrogen (secondary N) is 1. The first-order valence-electron chi connectivity index (χ1n) is 8.20. The number of hydrogen-bond acceptors (Lipinski definition) is 4. The summed E-state index contributed by atoms with van der Waals surface area (Å²) < 4.78 is 10.9. The highest BCUT2D eigenvalue weighted by molar-refractivity contribution is 5.68. The number of rotatable bonds is 4. The fourth-order valence-corrected chi connectivity index (χ4v) is 2.95. The van der Waals surface area contributed by atoms with E-state index in [1.165, 1.54) is 12.8 Å². The maximum absolute atomic E-state index is 12.0. The third kappa shape index (κ3) is 5.83. The van der Waals surface area contributed by atoms with Crippen molar-refractivity contribution in [2.24, 2.45) is 11.8 Å². The summed E-state index contributed by atoms with van der Waals surface area (Å²) in [5, 5.41) is 3.55. The number of carbonyl (C=O) groups excluding carboxylic acids is 1. The van der Waals surface area contributed by atoms with Crippen LogP contribution in [-0.4, -0.2) is 56.0 Å². The molecule has 5 nitrogen and oxygen atoms in total. The van der Waals surface area contributed by atoms with Gasteiger partial charge in [0.25, 0.3) is 0 Å². The number of carbonyl (C=O) groups is 1. The van der Waals surface area contributed by atoms with Crippen molar-refractivity contribution in [2.75, 3.05) is 39.4 Å². The van der Waals surface area contributed by atoms with Crippen molar-refractivity contribution in [2.45, 2.75) is 45.6 Å². The average Bonchev–Trinajstić information content (AvgIpc) is 2.87. The van der Waals surface area contributed by atoms with Gasteiger partial charge >= 0.3 is 6.09 Å². The fourth-order valence-electron chi connectivity index (χ4n) is 2.95. The molecule has 0 aromatic rings. The lowest BCUT2D eigenvalue weighted by atomic mass is 10.0. The Balaban J connectivity index is 1.62. The molecule has 2 fully saturated rings. The first kappa shape index (κ1) is 16.6. The van der Waals surface area contributed by atoms with Crippen molar-refractivity contribution >= 4 is 6.09 Å². The molecule has 0 saturated carbocycles. The van der Waals surface area contributed by atoms with E-state index >= 15 is 0 Å². The van der Waals surface area contributed by atoms with Crippen molar-refractivity contribution in [3.63, 3.8) is 0 Å². The molecule has 0 aromatic carbocycles. The van der Waals surface area contributed by atoms with E-state index in [-0.39, 0.29) is 6.09 Å². The van der Waals surface area contributed by atoms with Crippen LogP contribution in [0.1, 0.15) is 40.0 Å². The Bertz CT molecular complexity index is 335. The van der Waals surface area contributed by atoms with E-state index in [0.29, 0.717) is 11.8 Å². The van der Waals surface area contributed by atoms with E-state index in [2.05, 4.69) is 5.32 Å². The molecule has 0 bridgehead atoms. The van der Waals surface area contributed by atoms with Crippen LogP contribution in [0.25, 0.3) is 0 Å². The van der Waals surface area contributed by atoms with Gasteiger partial charge < -0.3 is 19.7 Å². The predicted molar refractivity (Wildman–Crippen MR) is 82.3 cm³/mol. The van der Waals surface area contributed by atoms with E-state index < -0.39 is 5.60 Å². The normalized spacial score (nSPS) is 26.9. The molecule has 2 heterocycles. The van der Waals surface area contributed by atoms with Gasteiger partial charge in [0.15, 0.2) is 0 Å². The van der Waals surface area contributed by atoms with Gasteiger partial charge in [-0.05, 0) is 58.4 Å². The molecule has 21 heavy (non-hydrogen) atoms. The molecule has 1 amide bonds. The Morgan fingerprint density at radius 3 is 2.71 bits per heavy atom. The lowest BCUT2D eigenvalue weighted by molar-refractivity contribution is 0.0288. The maximum Gasteiger partial charge on any atom is 0.410 e. The van der Waals surface area contributed by atoms with Crippen molar-refractivity contribution in [1.82, 2.24) is 10.2 Å². The highest BCUT2D eigenvalue weighted by atomic mass is 16.6. The number of ether oxygens (including phenoxy) is 2. The van der Waals surface area contributed by atoms with Crippen molar-refractivity contribution in [3.8, 4) is 0 Å². The summed E-state index contributed by atoms with van der Waals surface area (Å²) in [5.41, 5.74) is -0.408. The van der Waals surface area contributed by atoms with E-state index in [4.69, 9.17) is 9.47 Å². The quantitative estimate of drug-likeness (QED) is 0.865. The summed E-state index contributed by atoms with van der Waals surface area (Å²) >= 11 is 0. The van der Waals surface area contributed by atoms with Crippen molar-refractivity contribution < 1.29 is 14.3 Å². The zero-order valence-corrected chi connectivity index (χ0v) is 13.7. The minimum atomic E-state index is -0.408. The molecule has 0 aliphatic carbocycles. The molecule has 2 saturated heterocycles. The smallest absolute Gasteiger partial charge is 0.410 e. The van der Waals surface area contributed by atoms with Crippen LogP contribution < -0.4 is 5.32 Å². The van der Waals surface area contributed by atoms with Crippen LogP contribution in [0.4, 0.5) is 4.79 Å². The molecule has 2 unspecified atom stereocenters.